The SMILES string of the molecule is Oc1ccccc1-c1cc2ccccc2nn1. The molecule has 1 heterocycles. The van der Waals surface area contributed by atoms with Gasteiger partial charge >= 0.3 is 0 Å². The number of phenols is 1. The fraction of sp³-hybridized carbons (Fsp3) is 0. The molecule has 0 unspecified atom stereocenters. The number of fused-ring (bicyclic) bond motifs is 1. The van der Waals surface area contributed by atoms with Gasteiger partial charge in [0.15, 0.2) is 0 Å². The van der Waals surface area contributed by atoms with E-state index in [4.69, 9.17) is 0 Å². The maximum atomic E-state index is 9.77. The molecule has 0 atom stereocenters. The highest BCUT2D eigenvalue weighted by atomic mass is 16.3. The van der Waals surface area contributed by atoms with Crippen LogP contribution in [0.25, 0.3) is 22.2 Å². The van der Waals surface area contributed by atoms with Crippen LogP contribution >= 0.6 is 0 Å². The number of para-hydroxylation sites is 1. The lowest BCUT2D eigenvalue weighted by Gasteiger charge is -2.03. The first-order chi connectivity index (χ1) is 8.34. The van der Waals surface area contributed by atoms with Gasteiger partial charge in [-0.05, 0) is 24.3 Å². The highest BCUT2D eigenvalue weighted by Crippen LogP contribution is 2.27. The average Bonchev–Trinajstić information content (AvgIpc) is 2.39. The fourth-order valence-electron chi connectivity index (χ4n) is 1.81. The van der Waals surface area contributed by atoms with E-state index in [0.717, 1.165) is 10.9 Å². The Morgan fingerprint density at radius 3 is 2.47 bits per heavy atom. The van der Waals surface area contributed by atoms with Crippen LogP contribution < -0.4 is 0 Å². The van der Waals surface area contributed by atoms with E-state index in [0.29, 0.717) is 11.3 Å². The van der Waals surface area contributed by atoms with E-state index in [9.17, 15) is 5.11 Å². The zero-order valence-corrected chi connectivity index (χ0v) is 9.04. The lowest BCUT2D eigenvalue weighted by molar-refractivity contribution is 0.477. The van der Waals surface area contributed by atoms with Crippen molar-refractivity contribution in [2.45, 2.75) is 0 Å². The van der Waals surface area contributed by atoms with Crippen LogP contribution in [0.3, 0.4) is 0 Å². The second-order valence-corrected chi connectivity index (χ2v) is 3.81. The Kier molecular flexibility index (Phi) is 2.22. The molecule has 82 valence electrons. The van der Waals surface area contributed by atoms with Gasteiger partial charge in [-0.3, -0.25) is 0 Å². The van der Waals surface area contributed by atoms with Crippen molar-refractivity contribution in [3.05, 3.63) is 54.6 Å². The molecule has 17 heavy (non-hydrogen) atoms. The van der Waals surface area contributed by atoms with Crippen molar-refractivity contribution in [1.82, 2.24) is 10.2 Å². The van der Waals surface area contributed by atoms with Crippen LogP contribution in [0.2, 0.25) is 0 Å². The van der Waals surface area contributed by atoms with E-state index in [2.05, 4.69) is 10.2 Å². The predicted octanol–water partition coefficient (Wildman–Crippen LogP) is 3.00. The first kappa shape index (κ1) is 9.78. The van der Waals surface area contributed by atoms with E-state index in [1.54, 1.807) is 12.1 Å². The molecule has 0 bridgehead atoms. The summed E-state index contributed by atoms with van der Waals surface area (Å²) in [5.41, 5.74) is 2.24. The van der Waals surface area contributed by atoms with Gasteiger partial charge in [0.1, 0.15) is 5.75 Å². The van der Waals surface area contributed by atoms with E-state index in [1.807, 2.05) is 42.5 Å². The normalized spacial score (nSPS) is 10.6. The number of rotatable bonds is 1. The Morgan fingerprint density at radius 1 is 0.824 bits per heavy atom. The molecule has 0 amide bonds. The Hall–Kier alpha value is -2.42. The molecule has 3 heteroatoms. The molecule has 0 aliphatic carbocycles. The van der Waals surface area contributed by atoms with Gasteiger partial charge in [0.25, 0.3) is 0 Å². The van der Waals surface area contributed by atoms with Crippen LogP contribution in [-0.2, 0) is 0 Å². The first-order valence-corrected chi connectivity index (χ1v) is 5.35. The lowest BCUT2D eigenvalue weighted by atomic mass is 10.1. The van der Waals surface area contributed by atoms with Gasteiger partial charge in [-0.25, -0.2) is 0 Å². The molecule has 2 aromatic carbocycles. The third-order valence-corrected chi connectivity index (χ3v) is 2.67. The summed E-state index contributed by atoms with van der Waals surface area (Å²) in [7, 11) is 0. The standard InChI is InChI=1S/C14H10N2O/c17-14-8-4-2-6-11(14)13-9-10-5-1-3-7-12(10)15-16-13/h1-9,17H. The molecule has 0 fully saturated rings. The van der Waals surface area contributed by atoms with Gasteiger partial charge in [0.2, 0.25) is 0 Å². The molecule has 0 saturated heterocycles. The van der Waals surface area contributed by atoms with Gasteiger partial charge in [-0.15, -0.1) is 10.2 Å². The molecule has 3 nitrogen and oxygen atoms in total. The van der Waals surface area contributed by atoms with Crippen LogP contribution in [0, 0.1) is 0 Å². The second-order valence-electron chi connectivity index (χ2n) is 3.81. The fourth-order valence-corrected chi connectivity index (χ4v) is 1.81. The van der Waals surface area contributed by atoms with Crippen LogP contribution in [0.5, 0.6) is 5.75 Å². The summed E-state index contributed by atoms with van der Waals surface area (Å²) < 4.78 is 0. The first-order valence-electron chi connectivity index (χ1n) is 5.35. The van der Waals surface area contributed by atoms with Crippen molar-refractivity contribution in [3.63, 3.8) is 0 Å². The summed E-state index contributed by atoms with van der Waals surface area (Å²) in [4.78, 5) is 0. The molecule has 1 aromatic heterocycles. The van der Waals surface area contributed by atoms with E-state index < -0.39 is 0 Å². The van der Waals surface area contributed by atoms with E-state index >= 15 is 0 Å². The third-order valence-electron chi connectivity index (χ3n) is 2.67. The molecular formula is C14H10N2O. The molecule has 3 rings (SSSR count). The predicted molar refractivity (Wildman–Crippen MR) is 66.6 cm³/mol. The van der Waals surface area contributed by atoms with E-state index in [-0.39, 0.29) is 5.75 Å². The summed E-state index contributed by atoms with van der Waals surface area (Å²) >= 11 is 0. The largest absolute Gasteiger partial charge is 0.507 e. The van der Waals surface area contributed by atoms with Crippen molar-refractivity contribution >= 4 is 10.9 Å². The average molecular weight is 222 g/mol. The van der Waals surface area contributed by atoms with Gasteiger partial charge in [0, 0.05) is 10.9 Å². The summed E-state index contributed by atoms with van der Waals surface area (Å²) in [6.45, 7) is 0. The van der Waals surface area contributed by atoms with Crippen molar-refractivity contribution in [1.29, 1.82) is 0 Å². The monoisotopic (exact) mass is 222 g/mol. The molecule has 0 spiro atoms. The topological polar surface area (TPSA) is 46.0 Å². The maximum absolute atomic E-state index is 9.77. The van der Waals surface area contributed by atoms with Crippen LogP contribution in [-0.4, -0.2) is 15.3 Å². The number of benzene rings is 2. The Balaban J connectivity index is 2.22. The second kappa shape index (κ2) is 3.87. The van der Waals surface area contributed by atoms with Crippen molar-refractivity contribution < 1.29 is 5.11 Å². The smallest absolute Gasteiger partial charge is 0.125 e. The highest BCUT2D eigenvalue weighted by Gasteiger charge is 2.06. The maximum Gasteiger partial charge on any atom is 0.125 e. The van der Waals surface area contributed by atoms with Crippen LogP contribution in [0.4, 0.5) is 0 Å². The lowest BCUT2D eigenvalue weighted by Crippen LogP contribution is -1.89. The van der Waals surface area contributed by atoms with Gasteiger partial charge in [-0.1, -0.05) is 30.3 Å². The molecule has 1 N–H and O–H groups in total. The number of nitrogens with zero attached hydrogens (tertiary/aromatic N) is 2. The molecule has 0 radical (unpaired) electrons. The van der Waals surface area contributed by atoms with Gasteiger partial charge in [-0.2, -0.15) is 0 Å². The van der Waals surface area contributed by atoms with Crippen molar-refractivity contribution in [2.24, 2.45) is 0 Å². The van der Waals surface area contributed by atoms with Crippen LogP contribution in [0.1, 0.15) is 0 Å². The zero-order chi connectivity index (χ0) is 11.7. The third kappa shape index (κ3) is 1.72. The summed E-state index contributed by atoms with van der Waals surface area (Å²) in [6.07, 6.45) is 0. The molecular weight excluding hydrogens is 212 g/mol. The number of hydrogen-bond donors (Lipinski definition) is 1. The van der Waals surface area contributed by atoms with Crippen molar-refractivity contribution in [2.75, 3.05) is 0 Å². The van der Waals surface area contributed by atoms with Gasteiger partial charge < -0.3 is 5.11 Å². The number of aromatic hydroxyl groups is 1. The van der Waals surface area contributed by atoms with E-state index in [1.165, 1.54) is 0 Å². The Bertz CT molecular complexity index is 680. The Labute approximate surface area is 98.4 Å². The summed E-state index contributed by atoms with van der Waals surface area (Å²) in [6, 6.07) is 16.8. The quantitative estimate of drug-likeness (QED) is 0.688. The molecule has 3 aromatic rings. The molecule has 0 saturated carbocycles. The zero-order valence-electron chi connectivity index (χ0n) is 9.04. The molecule has 0 aliphatic rings. The minimum atomic E-state index is 0.220. The minimum Gasteiger partial charge on any atom is -0.507 e. The number of hydrogen-bond acceptors (Lipinski definition) is 3. The Morgan fingerprint density at radius 2 is 1.59 bits per heavy atom. The summed E-state index contributed by atoms with van der Waals surface area (Å²) in [5, 5.41) is 19.0. The van der Waals surface area contributed by atoms with Gasteiger partial charge in [0.05, 0.1) is 11.2 Å². The number of aromatic nitrogens is 2. The van der Waals surface area contributed by atoms with Crippen LogP contribution in [0.15, 0.2) is 54.6 Å². The highest BCUT2D eigenvalue weighted by molar-refractivity contribution is 5.82. The molecule has 0 aliphatic heterocycles. The minimum absolute atomic E-state index is 0.220. The van der Waals surface area contributed by atoms with Crippen molar-refractivity contribution in [3.8, 4) is 17.0 Å². The number of phenolic OH excluding ortho intramolecular Hbond substituents is 1. The summed E-state index contributed by atoms with van der Waals surface area (Å²) in [5.74, 6) is 0.220.